The minimum absolute atomic E-state index is 0.0373. The second-order valence-corrected chi connectivity index (χ2v) is 2.78. The summed E-state index contributed by atoms with van der Waals surface area (Å²) < 4.78 is 18.1. The van der Waals surface area contributed by atoms with Crippen molar-refractivity contribution in [3.8, 4) is 11.8 Å². The van der Waals surface area contributed by atoms with Crippen molar-refractivity contribution in [1.29, 1.82) is 5.26 Å². The fraction of sp³-hybridized carbons (Fsp3) is 0.0909. The Balaban J connectivity index is 2.72. The molecular formula is C11H8FNO3. The largest absolute Gasteiger partial charge is 0.488 e. The number of nitrogens with zero attached hydrogens (tertiary/aromatic N) is 1. The quantitative estimate of drug-likeness (QED) is 0.786. The maximum absolute atomic E-state index is 13.1. The van der Waals surface area contributed by atoms with E-state index < -0.39 is 11.8 Å². The average Bonchev–Trinajstić information content (AvgIpc) is 2.24. The molecule has 0 unspecified atom stereocenters. The van der Waals surface area contributed by atoms with E-state index in [-0.39, 0.29) is 17.9 Å². The Hall–Kier alpha value is -2.35. The van der Waals surface area contributed by atoms with Gasteiger partial charge in [0, 0.05) is 6.08 Å². The van der Waals surface area contributed by atoms with Crippen LogP contribution in [-0.2, 0) is 4.79 Å². The summed E-state index contributed by atoms with van der Waals surface area (Å²) in [5.74, 6) is -1.66. The third kappa shape index (κ3) is 3.10. The maximum Gasteiger partial charge on any atom is 0.328 e. The number of hydrogen-bond donors (Lipinski definition) is 1. The summed E-state index contributed by atoms with van der Waals surface area (Å²) in [6.07, 6.45) is 2.17. The molecular weight excluding hydrogens is 213 g/mol. The van der Waals surface area contributed by atoms with Crippen molar-refractivity contribution in [3.63, 3.8) is 0 Å². The lowest BCUT2D eigenvalue weighted by Crippen LogP contribution is -1.98. The predicted octanol–water partition coefficient (Wildman–Crippen LogP) is 1.72. The number of benzene rings is 1. The summed E-state index contributed by atoms with van der Waals surface area (Å²) >= 11 is 0. The van der Waals surface area contributed by atoms with Crippen molar-refractivity contribution in [2.75, 3.05) is 6.61 Å². The number of carbonyl (C=O) groups is 1. The van der Waals surface area contributed by atoms with Crippen LogP contribution in [0, 0.1) is 17.1 Å². The van der Waals surface area contributed by atoms with E-state index in [9.17, 15) is 9.18 Å². The molecule has 1 aromatic rings. The van der Waals surface area contributed by atoms with Crippen molar-refractivity contribution in [3.05, 3.63) is 41.7 Å². The Labute approximate surface area is 91.2 Å². The molecule has 5 heteroatoms. The maximum atomic E-state index is 13.1. The number of carboxylic acids is 1. The van der Waals surface area contributed by atoms with Crippen LogP contribution in [-0.4, -0.2) is 17.7 Å². The highest BCUT2D eigenvalue weighted by atomic mass is 19.1. The standard InChI is InChI=1S/C11H8FNO3/c12-9-3-1-4-10(8(9)7-13)16-6-2-5-11(14)15/h1-5H,6H2,(H,14,15). The van der Waals surface area contributed by atoms with Crippen LogP contribution in [0.15, 0.2) is 30.4 Å². The lowest BCUT2D eigenvalue weighted by molar-refractivity contribution is -0.131. The summed E-state index contributed by atoms with van der Waals surface area (Å²) in [6.45, 7) is -0.0373. The van der Waals surface area contributed by atoms with E-state index in [1.165, 1.54) is 18.2 Å². The first-order valence-corrected chi connectivity index (χ1v) is 4.36. The molecule has 0 aliphatic heterocycles. The molecule has 0 amide bonds. The Kier molecular flexibility index (Phi) is 4.04. The van der Waals surface area contributed by atoms with Gasteiger partial charge in [0.15, 0.2) is 0 Å². The van der Waals surface area contributed by atoms with Crippen molar-refractivity contribution in [1.82, 2.24) is 0 Å². The number of nitriles is 1. The second kappa shape index (κ2) is 5.51. The van der Waals surface area contributed by atoms with Gasteiger partial charge in [-0.05, 0) is 18.2 Å². The predicted molar refractivity (Wildman–Crippen MR) is 53.4 cm³/mol. The van der Waals surface area contributed by atoms with Crippen molar-refractivity contribution < 1.29 is 19.0 Å². The Morgan fingerprint density at radius 2 is 2.38 bits per heavy atom. The number of ether oxygens (including phenoxy) is 1. The molecule has 0 radical (unpaired) electrons. The smallest absolute Gasteiger partial charge is 0.328 e. The first-order valence-electron chi connectivity index (χ1n) is 4.36. The first-order chi connectivity index (χ1) is 7.65. The van der Waals surface area contributed by atoms with Crippen molar-refractivity contribution >= 4 is 5.97 Å². The zero-order valence-corrected chi connectivity index (χ0v) is 8.18. The minimum Gasteiger partial charge on any atom is -0.488 e. The van der Waals surface area contributed by atoms with E-state index in [0.29, 0.717) is 0 Å². The monoisotopic (exact) mass is 221 g/mol. The molecule has 82 valence electrons. The van der Waals surface area contributed by atoms with Crippen molar-refractivity contribution in [2.45, 2.75) is 0 Å². The number of halogens is 1. The van der Waals surface area contributed by atoms with Crippen LogP contribution in [0.25, 0.3) is 0 Å². The lowest BCUT2D eigenvalue weighted by Gasteiger charge is -2.04. The van der Waals surface area contributed by atoms with Gasteiger partial charge >= 0.3 is 5.97 Å². The van der Waals surface area contributed by atoms with Gasteiger partial charge in [-0.3, -0.25) is 0 Å². The zero-order chi connectivity index (χ0) is 12.0. The fourth-order valence-corrected chi connectivity index (χ4v) is 1.02. The van der Waals surface area contributed by atoms with Crippen LogP contribution >= 0.6 is 0 Å². The van der Waals surface area contributed by atoms with Gasteiger partial charge in [0.1, 0.15) is 29.8 Å². The molecule has 0 aliphatic rings. The molecule has 0 heterocycles. The fourth-order valence-electron chi connectivity index (χ4n) is 1.02. The summed E-state index contributed by atoms with van der Waals surface area (Å²) in [6, 6.07) is 5.67. The highest BCUT2D eigenvalue weighted by Crippen LogP contribution is 2.20. The number of aliphatic carboxylic acids is 1. The molecule has 1 aromatic carbocycles. The lowest BCUT2D eigenvalue weighted by atomic mass is 10.2. The number of rotatable bonds is 4. The van der Waals surface area contributed by atoms with E-state index in [1.807, 2.05) is 0 Å². The molecule has 1 N–H and O–H groups in total. The van der Waals surface area contributed by atoms with Gasteiger partial charge in [0.25, 0.3) is 0 Å². The Bertz CT molecular complexity index is 463. The van der Waals surface area contributed by atoms with Gasteiger partial charge < -0.3 is 9.84 Å². The highest BCUT2D eigenvalue weighted by molar-refractivity contribution is 5.79. The van der Waals surface area contributed by atoms with Gasteiger partial charge in [-0.2, -0.15) is 5.26 Å². The van der Waals surface area contributed by atoms with Gasteiger partial charge in [-0.1, -0.05) is 6.07 Å². The van der Waals surface area contributed by atoms with Crippen LogP contribution in [0.3, 0.4) is 0 Å². The van der Waals surface area contributed by atoms with Crippen LogP contribution in [0.5, 0.6) is 5.75 Å². The molecule has 16 heavy (non-hydrogen) atoms. The topological polar surface area (TPSA) is 70.3 Å². The van der Waals surface area contributed by atoms with Gasteiger partial charge in [-0.15, -0.1) is 0 Å². The molecule has 0 spiro atoms. The van der Waals surface area contributed by atoms with Crippen LogP contribution in [0.1, 0.15) is 5.56 Å². The summed E-state index contributed by atoms with van der Waals surface area (Å²) in [5, 5.41) is 17.0. The Morgan fingerprint density at radius 1 is 1.62 bits per heavy atom. The highest BCUT2D eigenvalue weighted by Gasteiger charge is 2.07. The third-order valence-corrected chi connectivity index (χ3v) is 1.68. The molecule has 1 rings (SSSR count). The van der Waals surface area contributed by atoms with Gasteiger partial charge in [-0.25, -0.2) is 9.18 Å². The van der Waals surface area contributed by atoms with E-state index in [1.54, 1.807) is 6.07 Å². The van der Waals surface area contributed by atoms with Crippen LogP contribution in [0.2, 0.25) is 0 Å². The van der Waals surface area contributed by atoms with Gasteiger partial charge in [0.05, 0.1) is 0 Å². The molecule has 0 aliphatic carbocycles. The number of carboxylic acid groups (broad SMARTS) is 1. The average molecular weight is 221 g/mol. The third-order valence-electron chi connectivity index (χ3n) is 1.68. The molecule has 0 fully saturated rings. The molecule has 0 bridgehead atoms. The summed E-state index contributed by atoms with van der Waals surface area (Å²) in [4.78, 5) is 10.1. The minimum atomic E-state index is -1.09. The summed E-state index contributed by atoms with van der Waals surface area (Å²) in [5.41, 5.74) is -0.189. The van der Waals surface area contributed by atoms with Gasteiger partial charge in [0.2, 0.25) is 0 Å². The molecule has 0 saturated heterocycles. The van der Waals surface area contributed by atoms with E-state index in [4.69, 9.17) is 15.1 Å². The molecule has 0 atom stereocenters. The normalized spacial score (nSPS) is 10.0. The van der Waals surface area contributed by atoms with E-state index >= 15 is 0 Å². The first kappa shape index (κ1) is 11.7. The summed E-state index contributed by atoms with van der Waals surface area (Å²) in [7, 11) is 0. The van der Waals surface area contributed by atoms with E-state index in [0.717, 1.165) is 12.1 Å². The zero-order valence-electron chi connectivity index (χ0n) is 8.18. The molecule has 0 saturated carbocycles. The van der Waals surface area contributed by atoms with Crippen LogP contribution in [0.4, 0.5) is 4.39 Å². The van der Waals surface area contributed by atoms with Crippen molar-refractivity contribution in [2.24, 2.45) is 0 Å². The number of hydrogen-bond acceptors (Lipinski definition) is 3. The molecule has 0 aromatic heterocycles. The Morgan fingerprint density at radius 3 is 3.00 bits per heavy atom. The van der Waals surface area contributed by atoms with Crippen LogP contribution < -0.4 is 4.74 Å². The second-order valence-electron chi connectivity index (χ2n) is 2.78. The SMILES string of the molecule is N#Cc1c(F)cccc1OCC=CC(=O)O. The van der Waals surface area contributed by atoms with E-state index in [2.05, 4.69) is 0 Å². The molecule has 4 nitrogen and oxygen atoms in total.